The van der Waals surface area contributed by atoms with E-state index in [4.69, 9.17) is 25.5 Å². The van der Waals surface area contributed by atoms with Crippen molar-refractivity contribution in [1.82, 2.24) is 0 Å². The summed E-state index contributed by atoms with van der Waals surface area (Å²) in [5.41, 5.74) is 0. The van der Waals surface area contributed by atoms with Crippen LogP contribution in [0, 0.1) is 0 Å². The Kier molecular flexibility index (Phi) is 6.08. The van der Waals surface area contributed by atoms with E-state index in [-0.39, 0.29) is 0 Å². The largest absolute Gasteiger partial charge is 0.467 e. The Balaban J connectivity index is 4.54. The van der Waals surface area contributed by atoms with E-state index in [2.05, 4.69) is 4.74 Å². The van der Waals surface area contributed by atoms with Crippen LogP contribution in [0.1, 0.15) is 0 Å². The number of Topliss-reactive ketones (excluding diaryl/α,β-unsaturated/α-hetero) is 1. The van der Waals surface area contributed by atoms with Gasteiger partial charge in [-0.05, 0) is 0 Å². The second kappa shape index (κ2) is 6.51. The first-order valence-electron chi connectivity index (χ1n) is 4.31. The van der Waals surface area contributed by atoms with Crippen molar-refractivity contribution >= 4 is 11.8 Å². The molecule has 0 radical (unpaired) electrons. The number of carbonyl (C=O) groups excluding carboxylic acids is 2. The van der Waals surface area contributed by atoms with Gasteiger partial charge in [0.1, 0.15) is 18.3 Å². The van der Waals surface area contributed by atoms with Gasteiger partial charge < -0.3 is 30.3 Å². The third-order valence-electron chi connectivity index (χ3n) is 1.89. The maximum atomic E-state index is 11.2. The number of carbonyl (C=O) groups is 2. The molecular weight excluding hydrogens is 224 g/mol. The Morgan fingerprint density at radius 1 is 1.19 bits per heavy atom. The highest BCUT2D eigenvalue weighted by molar-refractivity contribution is 6.03. The Hall–Kier alpha value is -1.06. The van der Waals surface area contributed by atoms with Gasteiger partial charge in [0, 0.05) is 0 Å². The number of ketones is 1. The molecule has 0 aliphatic rings. The molecule has 0 aromatic rings. The van der Waals surface area contributed by atoms with Crippen LogP contribution in [-0.4, -0.2) is 75.4 Å². The molecule has 0 saturated carbocycles. The lowest BCUT2D eigenvalue weighted by atomic mass is 10.0. The molecule has 0 aromatic heterocycles. The minimum absolute atomic E-state index is 0.889. The lowest BCUT2D eigenvalue weighted by Gasteiger charge is -2.21. The fraction of sp³-hybridized carbons (Fsp3) is 0.750. The summed E-state index contributed by atoms with van der Waals surface area (Å²) < 4.78 is 4.04. The van der Waals surface area contributed by atoms with Crippen molar-refractivity contribution in [3.05, 3.63) is 0 Å². The smallest absolute Gasteiger partial charge is 0.342 e. The number of hydrogen-bond acceptors (Lipinski definition) is 8. The number of rotatable bonds is 6. The number of methoxy groups -OCH3 is 1. The van der Waals surface area contributed by atoms with Gasteiger partial charge in [-0.25, -0.2) is 4.79 Å². The summed E-state index contributed by atoms with van der Waals surface area (Å²) >= 11 is 0. The number of aliphatic hydroxyl groups is 5. The van der Waals surface area contributed by atoms with Crippen molar-refractivity contribution in [3.63, 3.8) is 0 Å². The number of hydrogen-bond donors (Lipinski definition) is 5. The van der Waals surface area contributed by atoms with Crippen molar-refractivity contribution < 1.29 is 39.9 Å². The standard InChI is InChI=1S/C8H14O8/c1-16-8(15)7(14)6(13)5(12)4(11)3(10)2-9/h3-5,7,9-12,14H,2H2,1H3. The fourth-order valence-corrected chi connectivity index (χ4v) is 0.876. The number of esters is 1. The summed E-state index contributed by atoms with van der Waals surface area (Å²) in [6.45, 7) is -0.889. The maximum Gasteiger partial charge on any atom is 0.342 e. The van der Waals surface area contributed by atoms with E-state index in [0.717, 1.165) is 7.11 Å². The molecule has 0 rings (SSSR count). The first-order chi connectivity index (χ1) is 7.36. The monoisotopic (exact) mass is 238 g/mol. The van der Waals surface area contributed by atoms with Crippen molar-refractivity contribution in [1.29, 1.82) is 0 Å². The molecule has 16 heavy (non-hydrogen) atoms. The Bertz CT molecular complexity index is 252. The van der Waals surface area contributed by atoms with Crippen molar-refractivity contribution in [2.75, 3.05) is 13.7 Å². The van der Waals surface area contributed by atoms with E-state index in [1.807, 2.05) is 0 Å². The van der Waals surface area contributed by atoms with Gasteiger partial charge in [-0.3, -0.25) is 4.79 Å². The molecule has 4 unspecified atom stereocenters. The molecule has 0 heterocycles. The van der Waals surface area contributed by atoms with E-state index in [0.29, 0.717) is 0 Å². The van der Waals surface area contributed by atoms with Gasteiger partial charge in [0.25, 0.3) is 0 Å². The first-order valence-corrected chi connectivity index (χ1v) is 4.31. The van der Waals surface area contributed by atoms with Crippen LogP contribution < -0.4 is 0 Å². The van der Waals surface area contributed by atoms with Gasteiger partial charge in [-0.1, -0.05) is 0 Å². The van der Waals surface area contributed by atoms with Crippen molar-refractivity contribution in [3.8, 4) is 0 Å². The molecule has 5 N–H and O–H groups in total. The average Bonchev–Trinajstić information content (AvgIpc) is 2.32. The summed E-state index contributed by atoms with van der Waals surface area (Å²) in [5.74, 6) is -2.72. The molecule has 0 saturated heterocycles. The van der Waals surface area contributed by atoms with E-state index < -0.39 is 42.8 Å². The van der Waals surface area contributed by atoms with Gasteiger partial charge in [-0.2, -0.15) is 0 Å². The third kappa shape index (κ3) is 3.51. The normalized spacial score (nSPS) is 18.4. The van der Waals surface area contributed by atoms with Gasteiger partial charge >= 0.3 is 5.97 Å². The zero-order valence-electron chi connectivity index (χ0n) is 8.48. The lowest BCUT2D eigenvalue weighted by Crippen LogP contribution is -2.49. The molecule has 94 valence electrons. The molecular formula is C8H14O8. The number of ether oxygens (including phenoxy) is 1. The SMILES string of the molecule is COC(=O)C(O)C(=O)C(O)C(O)C(O)CO. The van der Waals surface area contributed by atoms with Gasteiger partial charge in [0.2, 0.25) is 11.9 Å². The predicted octanol–water partition coefficient (Wildman–Crippen LogP) is -3.84. The van der Waals surface area contributed by atoms with E-state index in [1.165, 1.54) is 0 Å². The zero-order chi connectivity index (χ0) is 12.9. The summed E-state index contributed by atoms with van der Waals surface area (Å²) in [7, 11) is 0.921. The van der Waals surface area contributed by atoms with E-state index >= 15 is 0 Å². The predicted molar refractivity (Wildman–Crippen MR) is 48.1 cm³/mol. The van der Waals surface area contributed by atoms with Crippen LogP contribution in [0.5, 0.6) is 0 Å². The molecule has 0 bridgehead atoms. The summed E-state index contributed by atoms with van der Waals surface area (Å²) in [4.78, 5) is 21.9. The quantitative estimate of drug-likeness (QED) is 0.234. The zero-order valence-corrected chi connectivity index (χ0v) is 8.48. The fourth-order valence-electron chi connectivity index (χ4n) is 0.876. The lowest BCUT2D eigenvalue weighted by molar-refractivity contribution is -0.163. The van der Waals surface area contributed by atoms with E-state index in [1.54, 1.807) is 0 Å². The summed E-state index contributed by atoms with van der Waals surface area (Å²) in [5, 5.41) is 44.7. The molecule has 0 amide bonds. The highest BCUT2D eigenvalue weighted by Crippen LogP contribution is 2.05. The van der Waals surface area contributed by atoms with Crippen LogP contribution in [0.4, 0.5) is 0 Å². The topological polar surface area (TPSA) is 145 Å². The van der Waals surface area contributed by atoms with Crippen LogP contribution >= 0.6 is 0 Å². The second-order valence-corrected chi connectivity index (χ2v) is 3.01. The first kappa shape index (κ1) is 14.9. The Morgan fingerprint density at radius 2 is 1.69 bits per heavy atom. The van der Waals surface area contributed by atoms with Crippen LogP contribution in [0.25, 0.3) is 0 Å². The molecule has 4 atom stereocenters. The van der Waals surface area contributed by atoms with Crippen molar-refractivity contribution in [2.45, 2.75) is 24.4 Å². The molecule has 0 aliphatic carbocycles. The highest BCUT2D eigenvalue weighted by atomic mass is 16.5. The Morgan fingerprint density at radius 3 is 2.06 bits per heavy atom. The second-order valence-electron chi connectivity index (χ2n) is 3.01. The summed E-state index contributed by atoms with van der Waals surface area (Å²) in [6, 6.07) is 0. The van der Waals surface area contributed by atoms with Gasteiger partial charge in [-0.15, -0.1) is 0 Å². The molecule has 8 heteroatoms. The highest BCUT2D eigenvalue weighted by Gasteiger charge is 2.36. The minimum atomic E-state index is -2.25. The third-order valence-corrected chi connectivity index (χ3v) is 1.89. The molecule has 0 spiro atoms. The van der Waals surface area contributed by atoms with Crippen LogP contribution in [0.2, 0.25) is 0 Å². The van der Waals surface area contributed by atoms with Crippen molar-refractivity contribution in [2.24, 2.45) is 0 Å². The van der Waals surface area contributed by atoms with Gasteiger partial charge in [0.15, 0.2) is 0 Å². The number of aliphatic hydroxyl groups excluding tert-OH is 5. The molecule has 8 nitrogen and oxygen atoms in total. The minimum Gasteiger partial charge on any atom is -0.467 e. The van der Waals surface area contributed by atoms with Crippen LogP contribution in [0.3, 0.4) is 0 Å². The summed E-state index contributed by atoms with van der Waals surface area (Å²) in [6.07, 6.45) is -8.21. The van der Waals surface area contributed by atoms with E-state index in [9.17, 15) is 9.59 Å². The molecule has 0 aromatic carbocycles. The van der Waals surface area contributed by atoms with Crippen LogP contribution in [-0.2, 0) is 14.3 Å². The molecule has 0 aliphatic heterocycles. The Labute approximate surface area is 90.7 Å². The molecule has 0 fully saturated rings. The maximum absolute atomic E-state index is 11.2. The van der Waals surface area contributed by atoms with Gasteiger partial charge in [0.05, 0.1) is 13.7 Å². The average molecular weight is 238 g/mol. The van der Waals surface area contributed by atoms with Crippen LogP contribution in [0.15, 0.2) is 0 Å².